The number of carbonyl (C=O) groups is 1. The lowest BCUT2D eigenvalue weighted by Crippen LogP contribution is -2.60. The molecule has 3 nitrogen and oxygen atoms in total. The monoisotopic (exact) mass is 366 g/mol. The second kappa shape index (κ2) is 8.05. The average Bonchev–Trinajstić information content (AvgIpc) is 2.64. The fourth-order valence-corrected chi connectivity index (χ4v) is 5.15. The molecule has 0 aromatic heterocycles. The van der Waals surface area contributed by atoms with Gasteiger partial charge < -0.3 is 4.90 Å². The Labute approximate surface area is 156 Å². The molecule has 4 saturated heterocycles. The quantitative estimate of drug-likeness (QED) is 0.761. The molecule has 2 bridgehead atoms. The zero-order valence-corrected chi connectivity index (χ0v) is 15.5. The van der Waals surface area contributed by atoms with E-state index in [4.69, 9.17) is 0 Å². The molecule has 5 rings (SSSR count). The number of benzene rings is 1. The van der Waals surface area contributed by atoms with Crippen LogP contribution in [0, 0.1) is 17.7 Å². The van der Waals surface area contributed by atoms with Crippen LogP contribution >= 0.6 is 12.4 Å². The first-order valence-electron chi connectivity index (χ1n) is 9.42. The molecule has 0 saturated carbocycles. The van der Waals surface area contributed by atoms with Gasteiger partial charge in [-0.2, -0.15) is 0 Å². The van der Waals surface area contributed by atoms with Crippen LogP contribution in [0.2, 0.25) is 0 Å². The molecule has 1 aromatic rings. The highest BCUT2D eigenvalue weighted by Crippen LogP contribution is 2.38. The minimum atomic E-state index is -0.168. The SMILES string of the molecule is Cl.O=CN1CCC(Cc2ccc(F)cc2)CC1C1CC2CCN1CC2. The van der Waals surface area contributed by atoms with Crippen molar-refractivity contribution in [3.63, 3.8) is 0 Å². The first-order chi connectivity index (χ1) is 11.7. The predicted molar refractivity (Wildman–Crippen MR) is 99.3 cm³/mol. The summed E-state index contributed by atoms with van der Waals surface area (Å²) in [5.41, 5.74) is 1.21. The average molecular weight is 367 g/mol. The summed E-state index contributed by atoms with van der Waals surface area (Å²) in [7, 11) is 0. The van der Waals surface area contributed by atoms with Crippen LogP contribution in [-0.4, -0.2) is 47.9 Å². The minimum absolute atomic E-state index is 0. The fourth-order valence-electron chi connectivity index (χ4n) is 5.15. The van der Waals surface area contributed by atoms with E-state index in [2.05, 4.69) is 9.80 Å². The number of nitrogens with zero attached hydrogens (tertiary/aromatic N) is 2. The van der Waals surface area contributed by atoms with Gasteiger partial charge in [0.15, 0.2) is 0 Å². The van der Waals surface area contributed by atoms with Crippen molar-refractivity contribution in [1.29, 1.82) is 0 Å². The molecule has 0 aliphatic carbocycles. The predicted octanol–water partition coefficient (Wildman–Crippen LogP) is 3.51. The molecule has 0 N–H and O–H groups in total. The number of hydrogen-bond donors (Lipinski definition) is 0. The lowest BCUT2D eigenvalue weighted by molar-refractivity contribution is -0.126. The van der Waals surface area contributed by atoms with Crippen LogP contribution in [0.5, 0.6) is 0 Å². The van der Waals surface area contributed by atoms with Gasteiger partial charge in [0.25, 0.3) is 0 Å². The summed E-state index contributed by atoms with van der Waals surface area (Å²) in [6.45, 7) is 3.29. The summed E-state index contributed by atoms with van der Waals surface area (Å²) in [6.07, 6.45) is 8.15. The number of hydrogen-bond acceptors (Lipinski definition) is 2. The molecule has 1 amide bonds. The van der Waals surface area contributed by atoms with Crippen molar-refractivity contribution in [2.45, 2.75) is 50.6 Å². The second-order valence-electron chi connectivity index (χ2n) is 7.91. The molecule has 3 atom stereocenters. The zero-order chi connectivity index (χ0) is 16.5. The molecule has 138 valence electrons. The van der Waals surface area contributed by atoms with Gasteiger partial charge in [-0.05, 0) is 81.1 Å². The van der Waals surface area contributed by atoms with E-state index in [0.717, 1.165) is 38.1 Å². The zero-order valence-electron chi connectivity index (χ0n) is 14.6. The van der Waals surface area contributed by atoms with Crippen molar-refractivity contribution in [2.75, 3.05) is 19.6 Å². The number of amides is 1. The molecule has 4 fully saturated rings. The second-order valence-corrected chi connectivity index (χ2v) is 7.91. The normalized spacial score (nSPS) is 34.4. The number of carbonyl (C=O) groups excluding carboxylic acids is 1. The van der Waals surface area contributed by atoms with Crippen molar-refractivity contribution < 1.29 is 9.18 Å². The Morgan fingerprint density at radius 2 is 1.72 bits per heavy atom. The summed E-state index contributed by atoms with van der Waals surface area (Å²) < 4.78 is 13.1. The van der Waals surface area contributed by atoms with Crippen molar-refractivity contribution >= 4 is 18.8 Å². The maximum Gasteiger partial charge on any atom is 0.210 e. The van der Waals surface area contributed by atoms with Crippen LogP contribution in [0.1, 0.15) is 37.7 Å². The van der Waals surface area contributed by atoms with Gasteiger partial charge in [0.2, 0.25) is 6.41 Å². The Bertz CT molecular complexity index is 574. The van der Waals surface area contributed by atoms with E-state index in [0.29, 0.717) is 18.0 Å². The molecule has 25 heavy (non-hydrogen) atoms. The molecule has 3 unspecified atom stereocenters. The third-order valence-corrected chi connectivity index (χ3v) is 6.51. The van der Waals surface area contributed by atoms with E-state index < -0.39 is 0 Å². The van der Waals surface area contributed by atoms with Crippen LogP contribution in [0.4, 0.5) is 4.39 Å². The Balaban J connectivity index is 0.00000182. The first kappa shape index (κ1) is 18.7. The molecule has 4 aliphatic rings. The lowest BCUT2D eigenvalue weighted by Gasteiger charge is -2.52. The van der Waals surface area contributed by atoms with Gasteiger partial charge in [-0.25, -0.2) is 4.39 Å². The third kappa shape index (κ3) is 4.01. The van der Waals surface area contributed by atoms with Gasteiger partial charge in [0.05, 0.1) is 0 Å². The van der Waals surface area contributed by atoms with Crippen LogP contribution < -0.4 is 0 Å². The summed E-state index contributed by atoms with van der Waals surface area (Å²) in [4.78, 5) is 16.3. The summed E-state index contributed by atoms with van der Waals surface area (Å²) in [6, 6.07) is 7.84. The van der Waals surface area contributed by atoms with E-state index in [1.807, 2.05) is 12.1 Å². The summed E-state index contributed by atoms with van der Waals surface area (Å²) in [5, 5.41) is 0. The molecule has 0 radical (unpaired) electrons. The Kier molecular flexibility index (Phi) is 6.00. The molecular formula is C20H28ClFN2O. The Hall–Kier alpha value is -1.13. The number of rotatable bonds is 4. The molecule has 4 heterocycles. The first-order valence-corrected chi connectivity index (χ1v) is 9.42. The van der Waals surface area contributed by atoms with Gasteiger partial charge >= 0.3 is 0 Å². The van der Waals surface area contributed by atoms with Crippen LogP contribution in [-0.2, 0) is 11.2 Å². The maximum absolute atomic E-state index is 13.1. The van der Waals surface area contributed by atoms with E-state index in [1.54, 1.807) is 12.1 Å². The standard InChI is InChI=1S/C20H27FN2O.ClH/c21-18-3-1-15(2-4-18)11-17-7-10-23(14-24)20(13-17)19-12-16-5-8-22(19)9-6-16;/h1-4,14,16-17,19-20H,5-13H2;1H. The van der Waals surface area contributed by atoms with Crippen LogP contribution in [0.3, 0.4) is 0 Å². The van der Waals surface area contributed by atoms with E-state index in [1.165, 1.54) is 37.9 Å². The minimum Gasteiger partial charge on any atom is -0.341 e. The highest BCUT2D eigenvalue weighted by Gasteiger charge is 2.42. The van der Waals surface area contributed by atoms with Crippen molar-refractivity contribution in [2.24, 2.45) is 11.8 Å². The van der Waals surface area contributed by atoms with E-state index in [-0.39, 0.29) is 18.2 Å². The van der Waals surface area contributed by atoms with Crippen molar-refractivity contribution in [3.8, 4) is 0 Å². The van der Waals surface area contributed by atoms with Gasteiger partial charge in [0, 0.05) is 18.6 Å². The van der Waals surface area contributed by atoms with Crippen LogP contribution in [0.25, 0.3) is 0 Å². The van der Waals surface area contributed by atoms with E-state index in [9.17, 15) is 9.18 Å². The van der Waals surface area contributed by atoms with Gasteiger partial charge in [-0.1, -0.05) is 12.1 Å². The molecule has 4 aliphatic heterocycles. The largest absolute Gasteiger partial charge is 0.341 e. The Morgan fingerprint density at radius 3 is 2.32 bits per heavy atom. The Morgan fingerprint density at radius 1 is 1.00 bits per heavy atom. The smallest absolute Gasteiger partial charge is 0.210 e. The summed E-state index contributed by atoms with van der Waals surface area (Å²) >= 11 is 0. The summed E-state index contributed by atoms with van der Waals surface area (Å²) in [5.74, 6) is 1.29. The highest BCUT2D eigenvalue weighted by atomic mass is 35.5. The van der Waals surface area contributed by atoms with Crippen molar-refractivity contribution in [1.82, 2.24) is 9.80 Å². The van der Waals surface area contributed by atoms with Gasteiger partial charge in [0.1, 0.15) is 5.82 Å². The molecule has 0 spiro atoms. The number of fused-ring (bicyclic) bond motifs is 3. The molecule has 1 aromatic carbocycles. The third-order valence-electron chi connectivity index (χ3n) is 6.51. The number of likely N-dealkylation sites (tertiary alicyclic amines) is 1. The van der Waals surface area contributed by atoms with Gasteiger partial charge in [-0.3, -0.25) is 9.69 Å². The lowest BCUT2D eigenvalue weighted by atomic mass is 9.76. The maximum atomic E-state index is 13.1. The molecular weight excluding hydrogens is 339 g/mol. The van der Waals surface area contributed by atoms with E-state index >= 15 is 0 Å². The number of piperidine rings is 4. The van der Waals surface area contributed by atoms with Gasteiger partial charge in [-0.15, -0.1) is 12.4 Å². The van der Waals surface area contributed by atoms with Crippen molar-refractivity contribution in [3.05, 3.63) is 35.6 Å². The topological polar surface area (TPSA) is 23.6 Å². The molecule has 5 heteroatoms. The van der Waals surface area contributed by atoms with Crippen LogP contribution in [0.15, 0.2) is 24.3 Å². The number of halogens is 2. The highest BCUT2D eigenvalue weighted by molar-refractivity contribution is 5.85. The fraction of sp³-hybridized carbons (Fsp3) is 0.650.